The van der Waals surface area contributed by atoms with Gasteiger partial charge in [0.05, 0.1) is 12.2 Å². The maximum absolute atomic E-state index is 13.9. The molecule has 29 heavy (non-hydrogen) atoms. The lowest BCUT2D eigenvalue weighted by Crippen LogP contribution is -2.17. The molecule has 1 N–H and O–H groups in total. The van der Waals surface area contributed by atoms with E-state index in [1.807, 2.05) is 12.1 Å². The Balaban J connectivity index is 1.68. The van der Waals surface area contributed by atoms with Crippen molar-refractivity contribution in [3.8, 4) is 5.82 Å². The van der Waals surface area contributed by atoms with E-state index in [2.05, 4.69) is 15.6 Å². The second kappa shape index (κ2) is 7.84. The summed E-state index contributed by atoms with van der Waals surface area (Å²) >= 11 is 5.93. The first-order valence-electron chi connectivity index (χ1n) is 8.59. The highest BCUT2D eigenvalue weighted by Gasteiger charge is 2.22. The van der Waals surface area contributed by atoms with Crippen LogP contribution in [-0.2, 0) is 6.54 Å². The summed E-state index contributed by atoms with van der Waals surface area (Å²) in [5.41, 5.74) is 0.755. The number of nitrogens with zero attached hydrogens (tertiary/aromatic N) is 4. The summed E-state index contributed by atoms with van der Waals surface area (Å²) in [6, 6.07) is 13.7. The van der Waals surface area contributed by atoms with E-state index in [1.165, 1.54) is 0 Å². The van der Waals surface area contributed by atoms with Crippen LogP contribution in [-0.4, -0.2) is 25.5 Å². The maximum Gasteiger partial charge on any atom is 0.280 e. The molecular formula is C20H14ClF2N5O. The van der Waals surface area contributed by atoms with E-state index in [0.717, 1.165) is 17.7 Å². The van der Waals surface area contributed by atoms with E-state index in [4.69, 9.17) is 11.6 Å². The quantitative estimate of drug-likeness (QED) is 0.530. The Morgan fingerprint density at radius 2 is 1.79 bits per heavy atom. The first-order valence-corrected chi connectivity index (χ1v) is 8.97. The van der Waals surface area contributed by atoms with Crippen molar-refractivity contribution in [3.63, 3.8) is 0 Å². The van der Waals surface area contributed by atoms with Gasteiger partial charge in [0.1, 0.15) is 11.6 Å². The molecule has 9 heteroatoms. The topological polar surface area (TPSA) is 64.7 Å². The van der Waals surface area contributed by atoms with Crippen molar-refractivity contribution in [2.75, 3.05) is 5.32 Å². The van der Waals surface area contributed by atoms with Crippen LogP contribution >= 0.6 is 11.6 Å². The maximum atomic E-state index is 13.9. The molecule has 2 aromatic carbocycles. The van der Waals surface area contributed by atoms with Gasteiger partial charge in [-0.1, -0.05) is 28.9 Å². The van der Waals surface area contributed by atoms with Gasteiger partial charge in [-0.15, -0.1) is 5.10 Å². The van der Waals surface area contributed by atoms with Gasteiger partial charge in [0.25, 0.3) is 5.91 Å². The highest BCUT2D eigenvalue weighted by atomic mass is 35.5. The minimum atomic E-state index is -0.880. The molecule has 0 saturated heterocycles. The first kappa shape index (κ1) is 18.8. The van der Waals surface area contributed by atoms with Gasteiger partial charge in [-0.3, -0.25) is 4.79 Å². The number of carbonyl (C=O) groups is 1. The zero-order valence-electron chi connectivity index (χ0n) is 14.9. The summed E-state index contributed by atoms with van der Waals surface area (Å²) in [6.45, 7) is 0.343. The summed E-state index contributed by atoms with van der Waals surface area (Å²) in [7, 11) is 0. The summed E-state index contributed by atoms with van der Waals surface area (Å²) in [5.74, 6) is -1.87. The number of hydrogen-bond donors (Lipinski definition) is 1. The molecule has 0 unspecified atom stereocenters. The summed E-state index contributed by atoms with van der Waals surface area (Å²) in [5, 5.41) is 11.1. The van der Waals surface area contributed by atoms with E-state index >= 15 is 0 Å². The number of hydrogen-bond acceptors (Lipinski definition) is 3. The minimum Gasteiger partial charge on any atom is -0.318 e. The van der Waals surface area contributed by atoms with E-state index in [-0.39, 0.29) is 11.4 Å². The van der Waals surface area contributed by atoms with Crippen LogP contribution < -0.4 is 5.32 Å². The van der Waals surface area contributed by atoms with E-state index < -0.39 is 17.5 Å². The minimum absolute atomic E-state index is 0.00103. The van der Waals surface area contributed by atoms with Gasteiger partial charge in [0.2, 0.25) is 0 Å². The van der Waals surface area contributed by atoms with E-state index in [9.17, 15) is 13.6 Å². The fourth-order valence-corrected chi connectivity index (χ4v) is 2.95. The van der Waals surface area contributed by atoms with Crippen LogP contribution in [0.4, 0.5) is 14.5 Å². The monoisotopic (exact) mass is 413 g/mol. The lowest BCUT2D eigenvalue weighted by Gasteiger charge is -2.10. The van der Waals surface area contributed by atoms with E-state index in [1.54, 1.807) is 45.9 Å². The largest absolute Gasteiger partial charge is 0.318 e. The zero-order valence-corrected chi connectivity index (χ0v) is 15.6. The Labute approximate surface area is 169 Å². The molecule has 2 heterocycles. The molecule has 0 atom stereocenters. The van der Waals surface area contributed by atoms with Crippen LogP contribution in [0.3, 0.4) is 0 Å². The molecule has 0 fully saturated rings. The van der Waals surface area contributed by atoms with Crippen molar-refractivity contribution in [1.82, 2.24) is 19.6 Å². The molecule has 4 rings (SSSR count). The smallest absolute Gasteiger partial charge is 0.280 e. The number of halogens is 3. The van der Waals surface area contributed by atoms with Gasteiger partial charge >= 0.3 is 0 Å². The highest BCUT2D eigenvalue weighted by molar-refractivity contribution is 6.30. The van der Waals surface area contributed by atoms with Crippen LogP contribution in [0, 0.1) is 11.6 Å². The van der Waals surface area contributed by atoms with Crippen molar-refractivity contribution in [3.05, 3.63) is 94.9 Å². The zero-order chi connectivity index (χ0) is 20.4. The Hall–Kier alpha value is -3.52. The lowest BCUT2D eigenvalue weighted by atomic mass is 10.2. The summed E-state index contributed by atoms with van der Waals surface area (Å²) < 4.78 is 30.3. The average Bonchev–Trinajstić information content (AvgIpc) is 3.35. The van der Waals surface area contributed by atoms with Gasteiger partial charge in [0.15, 0.2) is 11.5 Å². The molecule has 0 spiro atoms. The summed E-state index contributed by atoms with van der Waals surface area (Å²) in [6.07, 6.45) is 3.48. The lowest BCUT2D eigenvalue weighted by molar-refractivity contribution is 0.102. The molecule has 2 aromatic heterocycles. The molecule has 0 radical (unpaired) electrons. The number of amides is 1. The molecular weight excluding hydrogens is 400 g/mol. The Morgan fingerprint density at radius 3 is 2.48 bits per heavy atom. The molecule has 0 saturated carbocycles. The molecule has 0 bridgehead atoms. The standard InChI is InChI=1S/C20H14ClF2N5O/c21-14-5-3-13(4-6-14)12-28-20(27-9-1-2-10-27)18(25-26-28)19(29)24-17-8-7-15(22)11-16(17)23/h1-11H,12H2,(H,24,29). The average molecular weight is 414 g/mol. The second-order valence-corrected chi connectivity index (χ2v) is 6.65. The van der Waals surface area contributed by atoms with Crippen LogP contribution in [0.15, 0.2) is 67.0 Å². The number of benzene rings is 2. The molecule has 1 amide bonds. The Morgan fingerprint density at radius 1 is 1.07 bits per heavy atom. The fraction of sp³-hybridized carbons (Fsp3) is 0.0500. The van der Waals surface area contributed by atoms with Gasteiger partial charge in [0, 0.05) is 23.5 Å². The van der Waals surface area contributed by atoms with Crippen molar-refractivity contribution in [2.45, 2.75) is 6.54 Å². The first-order chi connectivity index (χ1) is 14.0. The van der Waals surface area contributed by atoms with Crippen LogP contribution in [0.2, 0.25) is 5.02 Å². The third-order valence-corrected chi connectivity index (χ3v) is 4.45. The van der Waals surface area contributed by atoms with Gasteiger partial charge < -0.3 is 9.88 Å². The number of nitrogens with one attached hydrogen (secondary N) is 1. The third kappa shape index (κ3) is 4.02. The normalized spacial score (nSPS) is 10.9. The Kier molecular flexibility index (Phi) is 5.09. The molecule has 146 valence electrons. The predicted octanol–water partition coefficient (Wildman–Crippen LogP) is 4.30. The third-order valence-electron chi connectivity index (χ3n) is 4.20. The molecule has 0 aliphatic heterocycles. The van der Waals surface area contributed by atoms with Crippen LogP contribution in [0.5, 0.6) is 0 Å². The van der Waals surface area contributed by atoms with Gasteiger partial charge in [-0.25, -0.2) is 13.5 Å². The predicted molar refractivity (Wildman–Crippen MR) is 104 cm³/mol. The van der Waals surface area contributed by atoms with Crippen molar-refractivity contribution in [1.29, 1.82) is 0 Å². The van der Waals surface area contributed by atoms with Crippen LogP contribution in [0.25, 0.3) is 5.82 Å². The molecule has 4 aromatic rings. The SMILES string of the molecule is O=C(Nc1ccc(F)cc1F)c1nnn(Cc2ccc(Cl)cc2)c1-n1cccc1. The van der Waals surface area contributed by atoms with Crippen LogP contribution in [0.1, 0.15) is 16.1 Å². The van der Waals surface area contributed by atoms with Gasteiger partial charge in [-0.2, -0.15) is 0 Å². The van der Waals surface area contributed by atoms with E-state index in [0.29, 0.717) is 23.5 Å². The molecule has 0 aliphatic carbocycles. The molecule has 0 aliphatic rings. The number of anilines is 1. The van der Waals surface area contributed by atoms with Crippen molar-refractivity contribution >= 4 is 23.2 Å². The van der Waals surface area contributed by atoms with Gasteiger partial charge in [-0.05, 0) is 42.0 Å². The number of rotatable bonds is 5. The second-order valence-electron chi connectivity index (χ2n) is 6.21. The number of carbonyl (C=O) groups excluding carboxylic acids is 1. The van der Waals surface area contributed by atoms with Crippen molar-refractivity contribution in [2.24, 2.45) is 0 Å². The molecule has 6 nitrogen and oxygen atoms in total. The summed E-state index contributed by atoms with van der Waals surface area (Å²) in [4.78, 5) is 12.8. The van der Waals surface area contributed by atoms with Crippen molar-refractivity contribution < 1.29 is 13.6 Å². The fourth-order valence-electron chi connectivity index (χ4n) is 2.83. The Bertz CT molecular complexity index is 1160. The number of aromatic nitrogens is 4. The highest BCUT2D eigenvalue weighted by Crippen LogP contribution is 2.20.